The van der Waals surface area contributed by atoms with Gasteiger partial charge < -0.3 is 0 Å². The zero-order valence-electron chi connectivity index (χ0n) is 12.4. The molecule has 4 fully saturated rings. The molecule has 0 N–H and O–H groups in total. The summed E-state index contributed by atoms with van der Waals surface area (Å²) in [4.78, 5) is 12.3. The van der Waals surface area contributed by atoms with Gasteiger partial charge in [-0.2, -0.15) is 0 Å². The molecule has 0 amide bonds. The van der Waals surface area contributed by atoms with Gasteiger partial charge in [-0.05, 0) is 68.1 Å². The number of hydrogen-bond donors (Lipinski definition) is 0. The van der Waals surface area contributed by atoms with Gasteiger partial charge in [0.1, 0.15) is 5.78 Å². The van der Waals surface area contributed by atoms with E-state index in [0.717, 1.165) is 36.0 Å². The summed E-state index contributed by atoms with van der Waals surface area (Å²) in [6.45, 7) is 2.30. The molecule has 4 rings (SSSR count). The largest absolute Gasteiger partial charge is 0.299 e. The van der Waals surface area contributed by atoms with Gasteiger partial charge in [0.15, 0.2) is 0 Å². The Bertz CT molecular complexity index is 387. The molecule has 1 nitrogen and oxygen atoms in total. The lowest BCUT2D eigenvalue weighted by atomic mass is 9.51. The van der Waals surface area contributed by atoms with E-state index in [9.17, 15) is 4.79 Å². The van der Waals surface area contributed by atoms with E-state index in [2.05, 4.69) is 6.92 Å². The lowest BCUT2D eigenvalue weighted by molar-refractivity contribution is -0.132. The molecule has 1 heteroatoms. The van der Waals surface area contributed by atoms with Crippen molar-refractivity contribution in [2.24, 2.45) is 35.0 Å². The van der Waals surface area contributed by atoms with E-state index < -0.39 is 0 Å². The van der Waals surface area contributed by atoms with Crippen LogP contribution in [0.3, 0.4) is 0 Å². The second-order valence-electron chi connectivity index (χ2n) is 8.14. The number of rotatable bonds is 0. The van der Waals surface area contributed by atoms with Crippen LogP contribution in [-0.4, -0.2) is 5.78 Å². The van der Waals surface area contributed by atoms with E-state index in [1.165, 1.54) is 57.8 Å². The first-order valence-electron chi connectivity index (χ1n) is 8.73. The van der Waals surface area contributed by atoms with Gasteiger partial charge in [0.25, 0.3) is 0 Å². The summed E-state index contributed by atoms with van der Waals surface area (Å²) in [5, 5.41) is 0. The first kappa shape index (κ1) is 12.4. The molecule has 0 aliphatic heterocycles. The van der Waals surface area contributed by atoms with Crippen LogP contribution < -0.4 is 0 Å². The summed E-state index contributed by atoms with van der Waals surface area (Å²) in [7, 11) is 0. The van der Waals surface area contributed by atoms with Crippen molar-refractivity contribution in [2.75, 3.05) is 0 Å². The van der Waals surface area contributed by atoms with Crippen LogP contribution >= 0.6 is 0 Å². The molecule has 6 atom stereocenters. The van der Waals surface area contributed by atoms with E-state index in [1.54, 1.807) is 0 Å². The van der Waals surface area contributed by atoms with E-state index in [-0.39, 0.29) is 5.41 Å². The molecule has 106 valence electrons. The Kier molecular flexibility index (Phi) is 2.83. The maximum atomic E-state index is 12.3. The van der Waals surface area contributed by atoms with Gasteiger partial charge in [-0.15, -0.1) is 0 Å². The van der Waals surface area contributed by atoms with Gasteiger partial charge in [-0.3, -0.25) is 4.79 Å². The minimum Gasteiger partial charge on any atom is -0.299 e. The number of carbonyl (C=O) groups excluding carboxylic acids is 1. The standard InChI is InChI=1S/C18H28O/c1-18-11-10-14-13-5-3-2-4-12(13)6-7-15(14)16(18)8-9-17(18)19/h12-16H,2-11H2,1H3/t12?,13?,14?,15?,16?,18-/m0/s1. The highest BCUT2D eigenvalue weighted by atomic mass is 16.1. The number of fused-ring (bicyclic) bond motifs is 5. The van der Waals surface area contributed by atoms with E-state index in [4.69, 9.17) is 0 Å². The molecule has 19 heavy (non-hydrogen) atoms. The Morgan fingerprint density at radius 1 is 0.895 bits per heavy atom. The van der Waals surface area contributed by atoms with Gasteiger partial charge >= 0.3 is 0 Å². The molecule has 0 radical (unpaired) electrons. The Morgan fingerprint density at radius 2 is 1.74 bits per heavy atom. The smallest absolute Gasteiger partial charge is 0.139 e. The minimum absolute atomic E-state index is 0.0860. The highest BCUT2D eigenvalue weighted by Gasteiger charge is 2.56. The van der Waals surface area contributed by atoms with Crippen molar-refractivity contribution in [1.82, 2.24) is 0 Å². The summed E-state index contributed by atoms with van der Waals surface area (Å²) in [6, 6.07) is 0. The Morgan fingerprint density at radius 3 is 2.63 bits per heavy atom. The summed E-state index contributed by atoms with van der Waals surface area (Å²) in [5.74, 6) is 5.33. The van der Waals surface area contributed by atoms with Crippen LogP contribution in [-0.2, 0) is 4.79 Å². The molecule has 0 aromatic carbocycles. The molecular weight excluding hydrogens is 232 g/mol. The van der Waals surface area contributed by atoms with Crippen molar-refractivity contribution >= 4 is 5.78 Å². The molecule has 4 saturated carbocycles. The molecule has 0 aromatic rings. The monoisotopic (exact) mass is 260 g/mol. The van der Waals surface area contributed by atoms with Gasteiger partial charge in [-0.25, -0.2) is 0 Å². The number of Topliss-reactive ketones (excluding diaryl/α,β-unsaturated/α-hetero) is 1. The molecule has 5 unspecified atom stereocenters. The normalized spacial score (nSPS) is 53.3. The average Bonchev–Trinajstić information content (AvgIpc) is 2.75. The lowest BCUT2D eigenvalue weighted by Gasteiger charge is -2.54. The summed E-state index contributed by atoms with van der Waals surface area (Å²) in [5.41, 5.74) is 0.0860. The molecule has 4 aliphatic carbocycles. The Hall–Kier alpha value is -0.330. The highest BCUT2D eigenvalue weighted by Crippen LogP contribution is 2.61. The fourth-order valence-electron chi connectivity index (χ4n) is 6.60. The average molecular weight is 260 g/mol. The maximum Gasteiger partial charge on any atom is 0.139 e. The first-order valence-corrected chi connectivity index (χ1v) is 8.73. The van der Waals surface area contributed by atoms with Gasteiger partial charge in [0.2, 0.25) is 0 Å². The topological polar surface area (TPSA) is 17.1 Å². The van der Waals surface area contributed by atoms with Crippen LogP contribution in [0, 0.1) is 35.0 Å². The predicted octanol–water partition coefficient (Wildman–Crippen LogP) is 4.60. The molecule has 0 bridgehead atoms. The zero-order valence-corrected chi connectivity index (χ0v) is 12.4. The van der Waals surface area contributed by atoms with Gasteiger partial charge in [0.05, 0.1) is 0 Å². The van der Waals surface area contributed by atoms with E-state index in [0.29, 0.717) is 5.78 Å². The van der Waals surface area contributed by atoms with Crippen molar-refractivity contribution in [3.8, 4) is 0 Å². The van der Waals surface area contributed by atoms with Crippen LogP contribution in [0.2, 0.25) is 0 Å². The maximum absolute atomic E-state index is 12.3. The fraction of sp³-hybridized carbons (Fsp3) is 0.944. The van der Waals surface area contributed by atoms with E-state index in [1.807, 2.05) is 0 Å². The fourth-order valence-corrected chi connectivity index (χ4v) is 6.60. The van der Waals surface area contributed by atoms with Crippen molar-refractivity contribution in [2.45, 2.75) is 71.1 Å². The summed E-state index contributed by atoms with van der Waals surface area (Å²) >= 11 is 0. The SMILES string of the molecule is C[C@]12CCC3C4CCCCC4CCC3C1CCC2=O. The summed E-state index contributed by atoms with van der Waals surface area (Å²) < 4.78 is 0. The van der Waals surface area contributed by atoms with Crippen LogP contribution in [0.1, 0.15) is 71.1 Å². The molecular formula is C18H28O. The van der Waals surface area contributed by atoms with Crippen molar-refractivity contribution in [3.63, 3.8) is 0 Å². The third kappa shape index (κ3) is 1.69. The molecule has 0 spiro atoms. The van der Waals surface area contributed by atoms with Crippen molar-refractivity contribution in [3.05, 3.63) is 0 Å². The molecule has 0 aromatic heterocycles. The van der Waals surface area contributed by atoms with Crippen LogP contribution in [0.15, 0.2) is 0 Å². The van der Waals surface area contributed by atoms with Gasteiger partial charge in [0, 0.05) is 11.8 Å². The minimum atomic E-state index is 0.0860. The molecule has 4 aliphatic rings. The van der Waals surface area contributed by atoms with Crippen molar-refractivity contribution < 1.29 is 4.79 Å². The zero-order chi connectivity index (χ0) is 13.0. The number of ketones is 1. The first-order chi connectivity index (χ1) is 9.20. The molecule has 0 saturated heterocycles. The third-order valence-corrected chi connectivity index (χ3v) is 7.59. The quantitative estimate of drug-likeness (QED) is 0.622. The Balaban J connectivity index is 1.61. The third-order valence-electron chi connectivity index (χ3n) is 7.59. The Labute approximate surface area is 117 Å². The van der Waals surface area contributed by atoms with Gasteiger partial charge in [-0.1, -0.05) is 26.2 Å². The lowest BCUT2D eigenvalue weighted by Crippen LogP contribution is -2.48. The van der Waals surface area contributed by atoms with Crippen LogP contribution in [0.25, 0.3) is 0 Å². The highest BCUT2D eigenvalue weighted by molar-refractivity contribution is 5.87. The number of carbonyl (C=O) groups is 1. The van der Waals surface area contributed by atoms with E-state index >= 15 is 0 Å². The van der Waals surface area contributed by atoms with Crippen molar-refractivity contribution in [1.29, 1.82) is 0 Å². The van der Waals surface area contributed by atoms with Crippen LogP contribution in [0.4, 0.5) is 0 Å². The predicted molar refractivity (Wildman–Crippen MR) is 76.7 cm³/mol. The number of hydrogen-bond acceptors (Lipinski definition) is 1. The molecule has 0 heterocycles. The summed E-state index contributed by atoms with van der Waals surface area (Å²) in [6.07, 6.45) is 13.6. The second kappa shape index (κ2) is 4.33. The van der Waals surface area contributed by atoms with Crippen LogP contribution in [0.5, 0.6) is 0 Å². The second-order valence-corrected chi connectivity index (χ2v) is 8.14.